The number of aryl methyl sites for hydroxylation is 2. The van der Waals surface area contributed by atoms with E-state index >= 15 is 0 Å². The van der Waals surface area contributed by atoms with E-state index in [4.69, 9.17) is 4.98 Å². The molecule has 0 aliphatic rings. The van der Waals surface area contributed by atoms with Crippen LogP contribution in [-0.2, 0) is 36.7 Å². The number of rotatable bonds is 14. The van der Waals surface area contributed by atoms with Gasteiger partial charge in [-0.25, -0.2) is 0 Å². The van der Waals surface area contributed by atoms with Crippen molar-refractivity contribution in [2.45, 2.75) is 141 Å². The van der Waals surface area contributed by atoms with Gasteiger partial charge in [-0.15, -0.1) is 34.9 Å². The summed E-state index contributed by atoms with van der Waals surface area (Å²) in [5.41, 5.74) is 9.31. The SMILES string of the molecule is CCC(CC)C(=O)/C=C(\O)C(CC)CC.Cc1cc(CC(C)(C)C)ccc1-c1sc2c(-c3[c-]c4ccccc4c(C(C(C)C)(C(C)C)C(C)C)c3)nccc2c1C.[Ir]. The Kier molecular flexibility index (Phi) is 17.8. The molecule has 0 spiro atoms. The first-order valence-electron chi connectivity index (χ1n) is 21.7. The topological polar surface area (TPSA) is 50.2 Å². The largest absolute Gasteiger partial charge is 0.512 e. The summed E-state index contributed by atoms with van der Waals surface area (Å²) in [7, 11) is 0. The number of carbonyl (C=O) groups is 1. The number of aromatic nitrogens is 1. The zero-order valence-electron chi connectivity index (χ0n) is 38.3. The fourth-order valence-electron chi connectivity index (χ4n) is 9.73. The van der Waals surface area contributed by atoms with Gasteiger partial charge in [-0.3, -0.25) is 9.78 Å². The van der Waals surface area contributed by atoms with Gasteiger partial charge in [-0.1, -0.05) is 143 Å². The molecule has 3 aromatic carbocycles. The zero-order valence-corrected chi connectivity index (χ0v) is 41.5. The molecule has 5 heteroatoms. The van der Waals surface area contributed by atoms with E-state index in [9.17, 15) is 9.90 Å². The molecule has 0 saturated carbocycles. The van der Waals surface area contributed by atoms with Crippen LogP contribution < -0.4 is 0 Å². The summed E-state index contributed by atoms with van der Waals surface area (Å²) in [6.45, 7) is 33.9. The average molecular weight is 979 g/mol. The molecule has 3 nitrogen and oxygen atoms in total. The summed E-state index contributed by atoms with van der Waals surface area (Å²) in [4.78, 5) is 18.1. The van der Waals surface area contributed by atoms with Crippen molar-refractivity contribution in [2.24, 2.45) is 35.0 Å². The van der Waals surface area contributed by atoms with Gasteiger partial charge < -0.3 is 5.11 Å². The Labute approximate surface area is 369 Å². The molecule has 0 bridgehead atoms. The number of fused-ring (bicyclic) bond motifs is 2. The molecule has 5 rings (SSSR count). The van der Waals surface area contributed by atoms with Crippen LogP contribution in [0.15, 0.2) is 72.6 Å². The molecule has 317 valence electrons. The molecule has 58 heavy (non-hydrogen) atoms. The van der Waals surface area contributed by atoms with Crippen LogP contribution in [0.3, 0.4) is 0 Å². The third-order valence-corrected chi connectivity index (χ3v) is 13.9. The molecular weight excluding hydrogens is 907 g/mol. The fraction of sp³-hybridized carbons (Fsp3) is 0.509. The van der Waals surface area contributed by atoms with Crippen LogP contribution in [0.1, 0.15) is 138 Å². The number of hydrogen-bond donors (Lipinski definition) is 1. The predicted molar refractivity (Wildman–Crippen MR) is 250 cm³/mol. The molecule has 0 amide bonds. The van der Waals surface area contributed by atoms with Crippen molar-refractivity contribution >= 4 is 38.0 Å². The standard InChI is InChI=1S/C40H48NS.C13H24O2.Ir/c1-24(2)40(25(3)4,26(5)6)35-22-31(21-30-14-12-13-15-34(30)35)36-38-33(18-19-41-36)28(8)37(42-38)32-17-16-29(20-27(32)7)23-39(9,10)11;1-5-10(6-2)12(14)9-13(15)11(7-3)8-4;/h12-20,22,24-26H,23H2,1-11H3;9-11,14H,5-8H2,1-4H3;/q-1;;/b;12-9-;. The smallest absolute Gasteiger partial charge is 0.162 e. The van der Waals surface area contributed by atoms with E-state index in [1.807, 2.05) is 45.2 Å². The molecule has 2 heterocycles. The molecule has 5 aromatic rings. The van der Waals surface area contributed by atoms with Crippen LogP contribution in [0.4, 0.5) is 0 Å². The van der Waals surface area contributed by atoms with E-state index in [1.54, 1.807) is 0 Å². The number of pyridine rings is 1. The molecule has 0 saturated heterocycles. The Morgan fingerprint density at radius 2 is 1.40 bits per heavy atom. The third kappa shape index (κ3) is 10.6. The number of ketones is 1. The van der Waals surface area contributed by atoms with Crippen LogP contribution in [0, 0.1) is 54.9 Å². The molecule has 0 aliphatic heterocycles. The van der Waals surface area contributed by atoms with Gasteiger partial charge in [0.25, 0.3) is 0 Å². The van der Waals surface area contributed by atoms with Gasteiger partial charge >= 0.3 is 0 Å². The van der Waals surface area contributed by atoms with Crippen LogP contribution in [0.5, 0.6) is 0 Å². The maximum Gasteiger partial charge on any atom is 0.162 e. The van der Waals surface area contributed by atoms with Gasteiger partial charge in [-0.2, -0.15) is 0 Å². The van der Waals surface area contributed by atoms with Gasteiger partial charge in [-0.05, 0) is 108 Å². The molecule has 1 N–H and O–H groups in total. The number of allylic oxidation sites excluding steroid dienone is 2. The Morgan fingerprint density at radius 1 is 0.810 bits per heavy atom. The number of aliphatic hydroxyl groups is 1. The first-order chi connectivity index (χ1) is 26.9. The molecule has 0 aliphatic carbocycles. The van der Waals surface area contributed by atoms with Crippen molar-refractivity contribution in [2.75, 3.05) is 0 Å². The predicted octanol–water partition coefficient (Wildman–Crippen LogP) is 15.9. The van der Waals surface area contributed by atoms with E-state index in [0.717, 1.165) is 43.4 Å². The molecular formula is C53H72IrNO2S-. The quantitative estimate of drug-likeness (QED) is 0.0685. The Morgan fingerprint density at radius 3 is 1.93 bits per heavy atom. The maximum absolute atomic E-state index is 11.7. The summed E-state index contributed by atoms with van der Waals surface area (Å²) < 4.78 is 1.25. The molecule has 1 radical (unpaired) electrons. The van der Waals surface area contributed by atoms with Crippen molar-refractivity contribution in [1.82, 2.24) is 4.98 Å². The van der Waals surface area contributed by atoms with Crippen molar-refractivity contribution in [1.29, 1.82) is 0 Å². The van der Waals surface area contributed by atoms with Crippen molar-refractivity contribution in [3.63, 3.8) is 0 Å². The second kappa shape index (κ2) is 20.9. The van der Waals surface area contributed by atoms with Crippen LogP contribution in [-0.4, -0.2) is 15.9 Å². The summed E-state index contributed by atoms with van der Waals surface area (Å²) in [5, 5.41) is 13.5. The zero-order chi connectivity index (χ0) is 42.4. The first-order valence-corrected chi connectivity index (χ1v) is 22.6. The van der Waals surface area contributed by atoms with Crippen molar-refractivity contribution in [3.8, 4) is 21.7 Å². The Balaban J connectivity index is 0.000000480. The Bertz CT molecular complexity index is 2140. The van der Waals surface area contributed by atoms with Gasteiger partial charge in [0.2, 0.25) is 0 Å². The second-order valence-electron chi connectivity index (χ2n) is 18.5. The van der Waals surface area contributed by atoms with Gasteiger partial charge in [0.05, 0.1) is 5.76 Å². The van der Waals surface area contributed by atoms with Gasteiger partial charge in [0, 0.05) is 59.5 Å². The van der Waals surface area contributed by atoms with E-state index in [0.29, 0.717) is 17.8 Å². The third-order valence-electron chi connectivity index (χ3n) is 12.6. The van der Waals surface area contributed by atoms with E-state index in [-0.39, 0.29) is 54.3 Å². The molecule has 2 aromatic heterocycles. The number of aliphatic hydroxyl groups excluding tert-OH is 1. The normalized spacial score (nSPS) is 12.6. The van der Waals surface area contributed by atoms with E-state index < -0.39 is 0 Å². The summed E-state index contributed by atoms with van der Waals surface area (Å²) in [5.74, 6) is 2.00. The van der Waals surface area contributed by atoms with Gasteiger partial charge in [0.1, 0.15) is 0 Å². The number of nitrogens with zero attached hydrogens (tertiary/aromatic N) is 1. The number of benzene rings is 3. The fourth-order valence-corrected chi connectivity index (χ4v) is 11.1. The van der Waals surface area contributed by atoms with Crippen molar-refractivity contribution < 1.29 is 30.0 Å². The minimum absolute atomic E-state index is 0. The Hall–Kier alpha value is -3.11. The van der Waals surface area contributed by atoms with Crippen LogP contribution in [0.2, 0.25) is 0 Å². The molecule has 0 fully saturated rings. The summed E-state index contributed by atoms with van der Waals surface area (Å²) in [6, 6.07) is 24.3. The minimum Gasteiger partial charge on any atom is -0.512 e. The van der Waals surface area contributed by atoms with Crippen molar-refractivity contribution in [3.05, 3.63) is 101 Å². The molecule has 0 atom stereocenters. The number of carbonyl (C=O) groups excluding carboxylic acids is 1. The monoisotopic (exact) mass is 979 g/mol. The first kappa shape index (κ1) is 49.3. The maximum atomic E-state index is 11.7. The molecule has 0 unspecified atom stereocenters. The van der Waals surface area contributed by atoms with E-state index in [2.05, 4.69) is 137 Å². The second-order valence-corrected chi connectivity index (χ2v) is 19.5. The van der Waals surface area contributed by atoms with E-state index in [1.165, 1.54) is 59.6 Å². The van der Waals surface area contributed by atoms with Crippen LogP contribution >= 0.6 is 11.3 Å². The minimum atomic E-state index is 0. The summed E-state index contributed by atoms with van der Waals surface area (Å²) in [6.07, 6.45) is 7.98. The average Bonchev–Trinajstić information content (AvgIpc) is 3.47. The number of thiophene rings is 1. The number of hydrogen-bond acceptors (Lipinski definition) is 4. The summed E-state index contributed by atoms with van der Waals surface area (Å²) >= 11 is 1.89. The van der Waals surface area contributed by atoms with Crippen LogP contribution in [0.25, 0.3) is 42.6 Å². The van der Waals surface area contributed by atoms with Gasteiger partial charge in [0.15, 0.2) is 5.78 Å².